The SMILES string of the molecule is CNC(Cc1nccnc1C)C1CC1. The summed E-state index contributed by atoms with van der Waals surface area (Å²) in [5.41, 5.74) is 2.20. The zero-order valence-electron chi connectivity index (χ0n) is 8.83. The number of nitrogens with one attached hydrogen (secondary N) is 1. The lowest BCUT2D eigenvalue weighted by Gasteiger charge is -2.15. The predicted molar refractivity (Wildman–Crippen MR) is 56.0 cm³/mol. The van der Waals surface area contributed by atoms with E-state index in [4.69, 9.17) is 0 Å². The standard InChI is InChI=1S/C11H17N3/c1-8-10(14-6-5-13-8)7-11(12-2)9-3-4-9/h5-6,9,11-12H,3-4,7H2,1-2H3. The molecule has 14 heavy (non-hydrogen) atoms. The molecule has 0 aliphatic heterocycles. The minimum Gasteiger partial charge on any atom is -0.316 e. The van der Waals surface area contributed by atoms with E-state index in [0.29, 0.717) is 6.04 Å². The molecule has 1 atom stereocenters. The second kappa shape index (κ2) is 4.05. The summed E-state index contributed by atoms with van der Waals surface area (Å²) in [5.74, 6) is 0.862. The molecule has 0 spiro atoms. The smallest absolute Gasteiger partial charge is 0.0631 e. The fourth-order valence-electron chi connectivity index (χ4n) is 1.85. The Kier molecular flexibility index (Phi) is 2.77. The van der Waals surface area contributed by atoms with Gasteiger partial charge in [0, 0.05) is 24.9 Å². The fourth-order valence-corrected chi connectivity index (χ4v) is 1.85. The van der Waals surface area contributed by atoms with Crippen LogP contribution in [-0.4, -0.2) is 23.1 Å². The van der Waals surface area contributed by atoms with E-state index in [9.17, 15) is 0 Å². The van der Waals surface area contributed by atoms with Gasteiger partial charge in [0.15, 0.2) is 0 Å². The fraction of sp³-hybridized carbons (Fsp3) is 0.636. The zero-order chi connectivity index (χ0) is 9.97. The topological polar surface area (TPSA) is 37.8 Å². The van der Waals surface area contributed by atoms with Gasteiger partial charge in [0.1, 0.15) is 0 Å². The summed E-state index contributed by atoms with van der Waals surface area (Å²) in [5, 5.41) is 3.37. The molecule has 0 amide bonds. The van der Waals surface area contributed by atoms with Crippen LogP contribution in [0.15, 0.2) is 12.4 Å². The first-order valence-corrected chi connectivity index (χ1v) is 5.25. The molecule has 1 N–H and O–H groups in total. The average molecular weight is 191 g/mol. The molecule has 76 valence electrons. The number of hydrogen-bond acceptors (Lipinski definition) is 3. The van der Waals surface area contributed by atoms with Crippen molar-refractivity contribution in [3.05, 3.63) is 23.8 Å². The van der Waals surface area contributed by atoms with Gasteiger partial charge in [-0.25, -0.2) is 0 Å². The average Bonchev–Trinajstić information content (AvgIpc) is 3.00. The molecule has 0 radical (unpaired) electrons. The summed E-state index contributed by atoms with van der Waals surface area (Å²) in [4.78, 5) is 8.63. The molecule has 1 heterocycles. The van der Waals surface area contributed by atoms with Crippen molar-refractivity contribution >= 4 is 0 Å². The third kappa shape index (κ3) is 2.10. The number of nitrogens with zero attached hydrogens (tertiary/aromatic N) is 2. The molecular weight excluding hydrogens is 174 g/mol. The minimum absolute atomic E-state index is 0.588. The van der Waals surface area contributed by atoms with E-state index >= 15 is 0 Å². The van der Waals surface area contributed by atoms with Crippen molar-refractivity contribution in [2.24, 2.45) is 5.92 Å². The van der Waals surface area contributed by atoms with E-state index in [2.05, 4.69) is 15.3 Å². The van der Waals surface area contributed by atoms with E-state index in [0.717, 1.165) is 23.7 Å². The van der Waals surface area contributed by atoms with E-state index < -0.39 is 0 Å². The van der Waals surface area contributed by atoms with Gasteiger partial charge in [-0.2, -0.15) is 0 Å². The van der Waals surface area contributed by atoms with Gasteiger partial charge in [0.2, 0.25) is 0 Å². The lowest BCUT2D eigenvalue weighted by Crippen LogP contribution is -2.30. The summed E-state index contributed by atoms with van der Waals surface area (Å²) in [6.07, 6.45) is 7.28. The molecule has 1 fully saturated rings. The first-order chi connectivity index (χ1) is 6.81. The Hall–Kier alpha value is -0.960. The predicted octanol–water partition coefficient (Wildman–Crippen LogP) is 1.33. The molecule has 1 unspecified atom stereocenters. The van der Waals surface area contributed by atoms with Gasteiger partial charge in [0.25, 0.3) is 0 Å². The minimum atomic E-state index is 0.588. The van der Waals surface area contributed by atoms with Crippen LogP contribution in [0.5, 0.6) is 0 Å². The van der Waals surface area contributed by atoms with Crippen LogP contribution in [0.2, 0.25) is 0 Å². The molecule has 1 saturated carbocycles. The number of aryl methyl sites for hydroxylation is 1. The summed E-state index contributed by atoms with van der Waals surface area (Å²) >= 11 is 0. The van der Waals surface area contributed by atoms with Gasteiger partial charge in [0.05, 0.1) is 11.4 Å². The third-order valence-electron chi connectivity index (χ3n) is 2.96. The van der Waals surface area contributed by atoms with Gasteiger partial charge >= 0.3 is 0 Å². The molecule has 1 aliphatic carbocycles. The van der Waals surface area contributed by atoms with Crippen molar-refractivity contribution in [1.82, 2.24) is 15.3 Å². The Labute approximate surface area is 85.0 Å². The van der Waals surface area contributed by atoms with Crippen LogP contribution in [0.25, 0.3) is 0 Å². The summed E-state index contributed by atoms with van der Waals surface area (Å²) in [7, 11) is 2.04. The molecule has 2 rings (SSSR count). The maximum absolute atomic E-state index is 4.37. The number of hydrogen-bond donors (Lipinski definition) is 1. The van der Waals surface area contributed by atoms with Crippen molar-refractivity contribution in [1.29, 1.82) is 0 Å². The van der Waals surface area contributed by atoms with Crippen LogP contribution in [0.3, 0.4) is 0 Å². The molecule has 3 heteroatoms. The van der Waals surface area contributed by atoms with Crippen molar-refractivity contribution in [3.8, 4) is 0 Å². The quantitative estimate of drug-likeness (QED) is 0.780. The first-order valence-electron chi connectivity index (χ1n) is 5.25. The van der Waals surface area contributed by atoms with Crippen LogP contribution in [0.4, 0.5) is 0 Å². The second-order valence-electron chi connectivity index (χ2n) is 4.03. The normalized spacial score (nSPS) is 18.1. The summed E-state index contributed by atoms with van der Waals surface area (Å²) < 4.78 is 0. The highest BCUT2D eigenvalue weighted by atomic mass is 14.9. The monoisotopic (exact) mass is 191 g/mol. The van der Waals surface area contributed by atoms with E-state index in [1.165, 1.54) is 12.8 Å². The van der Waals surface area contributed by atoms with Crippen LogP contribution < -0.4 is 5.32 Å². The molecule has 1 aromatic heterocycles. The largest absolute Gasteiger partial charge is 0.316 e. The maximum Gasteiger partial charge on any atom is 0.0631 e. The van der Waals surface area contributed by atoms with Crippen molar-refractivity contribution in [2.45, 2.75) is 32.2 Å². The highest BCUT2D eigenvalue weighted by molar-refractivity contribution is 5.11. The van der Waals surface area contributed by atoms with Gasteiger partial charge in [-0.3, -0.25) is 9.97 Å². The second-order valence-corrected chi connectivity index (χ2v) is 4.03. The van der Waals surface area contributed by atoms with Crippen molar-refractivity contribution in [2.75, 3.05) is 7.05 Å². The number of aromatic nitrogens is 2. The Morgan fingerprint density at radius 1 is 1.43 bits per heavy atom. The highest BCUT2D eigenvalue weighted by Crippen LogP contribution is 2.33. The van der Waals surface area contributed by atoms with Gasteiger partial charge in [-0.15, -0.1) is 0 Å². The molecule has 3 nitrogen and oxygen atoms in total. The summed E-state index contributed by atoms with van der Waals surface area (Å²) in [6, 6.07) is 0.588. The van der Waals surface area contributed by atoms with E-state index in [1.807, 2.05) is 14.0 Å². The van der Waals surface area contributed by atoms with Crippen LogP contribution in [-0.2, 0) is 6.42 Å². The molecule has 0 saturated heterocycles. The Bertz CT molecular complexity index is 307. The van der Waals surface area contributed by atoms with Gasteiger partial charge < -0.3 is 5.32 Å². The van der Waals surface area contributed by atoms with Gasteiger partial charge in [-0.05, 0) is 32.7 Å². The van der Waals surface area contributed by atoms with E-state index in [1.54, 1.807) is 12.4 Å². The van der Waals surface area contributed by atoms with E-state index in [-0.39, 0.29) is 0 Å². The molecular formula is C11H17N3. The Morgan fingerprint density at radius 3 is 2.71 bits per heavy atom. The number of likely N-dealkylation sites (N-methyl/N-ethyl adjacent to an activating group) is 1. The van der Waals surface area contributed by atoms with Crippen LogP contribution in [0, 0.1) is 12.8 Å². The highest BCUT2D eigenvalue weighted by Gasteiger charge is 2.30. The Morgan fingerprint density at radius 2 is 2.14 bits per heavy atom. The molecule has 1 aliphatic rings. The van der Waals surface area contributed by atoms with Crippen molar-refractivity contribution in [3.63, 3.8) is 0 Å². The molecule has 1 aromatic rings. The summed E-state index contributed by atoms with van der Waals surface area (Å²) in [6.45, 7) is 2.03. The van der Waals surface area contributed by atoms with Crippen molar-refractivity contribution < 1.29 is 0 Å². The van der Waals surface area contributed by atoms with Crippen LogP contribution in [0.1, 0.15) is 24.2 Å². The molecule has 0 bridgehead atoms. The lowest BCUT2D eigenvalue weighted by atomic mass is 10.1. The zero-order valence-corrected chi connectivity index (χ0v) is 8.83. The van der Waals surface area contributed by atoms with Crippen LogP contribution >= 0.6 is 0 Å². The molecule has 0 aromatic carbocycles. The number of rotatable bonds is 4. The maximum atomic E-state index is 4.37. The van der Waals surface area contributed by atoms with Gasteiger partial charge in [-0.1, -0.05) is 0 Å². The Balaban J connectivity index is 2.04. The third-order valence-corrected chi connectivity index (χ3v) is 2.96. The first kappa shape index (κ1) is 9.59. The lowest BCUT2D eigenvalue weighted by molar-refractivity contribution is 0.493.